The maximum Gasteiger partial charge on any atom is 0.123 e. The molecule has 0 unspecified atom stereocenters. The van der Waals surface area contributed by atoms with E-state index in [4.69, 9.17) is 5.73 Å². The molecule has 0 aliphatic heterocycles. The van der Waals surface area contributed by atoms with Crippen molar-refractivity contribution in [1.82, 2.24) is 0 Å². The Morgan fingerprint density at radius 2 is 2.00 bits per heavy atom. The summed E-state index contributed by atoms with van der Waals surface area (Å²) in [6, 6.07) is 10.6. The number of hydrogen-bond acceptors (Lipinski definition) is 2. The van der Waals surface area contributed by atoms with Gasteiger partial charge in [-0.15, -0.1) is 11.8 Å². The van der Waals surface area contributed by atoms with Crippen molar-refractivity contribution in [1.29, 1.82) is 0 Å². The van der Waals surface area contributed by atoms with Gasteiger partial charge in [0.05, 0.1) is 0 Å². The fraction of sp³-hybridized carbons (Fsp3) is 0.143. The summed E-state index contributed by atoms with van der Waals surface area (Å²) in [5.41, 5.74) is 8.58. The number of nitrogen functional groups attached to an aromatic ring is 1. The molecule has 2 aromatic rings. The molecular formula is C14H13BrFNS. The fourth-order valence-corrected chi connectivity index (χ4v) is 3.22. The molecule has 0 aromatic heterocycles. The molecule has 0 atom stereocenters. The van der Waals surface area contributed by atoms with Crippen molar-refractivity contribution in [2.75, 3.05) is 5.73 Å². The standard InChI is InChI=1S/C14H13BrFNS/c1-9-6-12(17)3-5-14(9)18-8-10-7-11(16)2-4-13(10)15/h2-7H,8,17H2,1H3. The van der Waals surface area contributed by atoms with E-state index in [1.807, 2.05) is 25.1 Å². The maximum atomic E-state index is 13.2. The molecule has 0 aliphatic carbocycles. The van der Waals surface area contributed by atoms with E-state index < -0.39 is 0 Å². The Bertz CT molecular complexity index is 572. The minimum Gasteiger partial charge on any atom is -0.399 e. The number of rotatable bonds is 3. The second-order valence-corrected chi connectivity index (χ2v) is 5.92. The first-order valence-electron chi connectivity index (χ1n) is 5.49. The molecule has 18 heavy (non-hydrogen) atoms. The number of benzene rings is 2. The lowest BCUT2D eigenvalue weighted by atomic mass is 10.2. The van der Waals surface area contributed by atoms with Crippen LogP contribution >= 0.6 is 27.7 Å². The minimum atomic E-state index is -0.206. The van der Waals surface area contributed by atoms with E-state index in [2.05, 4.69) is 15.9 Å². The average Bonchev–Trinajstić information content (AvgIpc) is 2.32. The van der Waals surface area contributed by atoms with Gasteiger partial charge in [0.15, 0.2) is 0 Å². The number of aryl methyl sites for hydroxylation is 1. The first-order chi connectivity index (χ1) is 8.56. The third kappa shape index (κ3) is 3.27. The lowest BCUT2D eigenvalue weighted by Crippen LogP contribution is -1.89. The molecule has 4 heteroatoms. The van der Waals surface area contributed by atoms with Gasteiger partial charge in [0, 0.05) is 20.8 Å². The van der Waals surface area contributed by atoms with Crippen LogP contribution in [0.25, 0.3) is 0 Å². The van der Waals surface area contributed by atoms with Crippen LogP contribution in [0.4, 0.5) is 10.1 Å². The highest BCUT2D eigenvalue weighted by atomic mass is 79.9. The van der Waals surface area contributed by atoms with Crippen LogP contribution in [0.1, 0.15) is 11.1 Å². The van der Waals surface area contributed by atoms with E-state index in [0.717, 1.165) is 27.0 Å². The third-order valence-corrected chi connectivity index (χ3v) is 4.59. The van der Waals surface area contributed by atoms with E-state index in [9.17, 15) is 4.39 Å². The number of hydrogen-bond donors (Lipinski definition) is 1. The van der Waals surface area contributed by atoms with Crippen molar-refractivity contribution in [2.24, 2.45) is 0 Å². The normalized spacial score (nSPS) is 10.6. The van der Waals surface area contributed by atoms with Crippen molar-refractivity contribution in [3.05, 3.63) is 57.8 Å². The summed E-state index contributed by atoms with van der Waals surface area (Å²) >= 11 is 5.11. The summed E-state index contributed by atoms with van der Waals surface area (Å²) in [6.07, 6.45) is 0. The Morgan fingerprint density at radius 3 is 2.72 bits per heavy atom. The van der Waals surface area contributed by atoms with Crippen LogP contribution in [0.2, 0.25) is 0 Å². The molecule has 0 saturated carbocycles. The predicted molar refractivity (Wildman–Crippen MR) is 79.3 cm³/mol. The summed E-state index contributed by atoms with van der Waals surface area (Å²) in [6.45, 7) is 2.03. The van der Waals surface area contributed by atoms with Gasteiger partial charge in [-0.25, -0.2) is 4.39 Å². The molecule has 0 amide bonds. The second-order valence-electron chi connectivity index (χ2n) is 4.05. The number of anilines is 1. The van der Waals surface area contributed by atoms with E-state index in [-0.39, 0.29) is 5.82 Å². The fourth-order valence-electron chi connectivity index (χ4n) is 1.64. The summed E-state index contributed by atoms with van der Waals surface area (Å²) in [4.78, 5) is 1.17. The van der Waals surface area contributed by atoms with Crippen LogP contribution in [0, 0.1) is 12.7 Å². The van der Waals surface area contributed by atoms with Crippen molar-refractivity contribution in [3.63, 3.8) is 0 Å². The molecule has 0 heterocycles. The van der Waals surface area contributed by atoms with E-state index in [1.54, 1.807) is 23.9 Å². The van der Waals surface area contributed by atoms with Crippen molar-refractivity contribution in [2.45, 2.75) is 17.6 Å². The minimum absolute atomic E-state index is 0.206. The van der Waals surface area contributed by atoms with Gasteiger partial charge < -0.3 is 5.73 Å². The summed E-state index contributed by atoms with van der Waals surface area (Å²) in [7, 11) is 0. The van der Waals surface area contributed by atoms with Crippen LogP contribution in [0.15, 0.2) is 45.8 Å². The van der Waals surface area contributed by atoms with Crippen LogP contribution in [0.3, 0.4) is 0 Å². The number of halogens is 2. The quantitative estimate of drug-likeness (QED) is 0.649. The largest absolute Gasteiger partial charge is 0.399 e. The summed E-state index contributed by atoms with van der Waals surface area (Å²) in [5.74, 6) is 0.520. The van der Waals surface area contributed by atoms with E-state index in [0.29, 0.717) is 0 Å². The molecule has 2 rings (SSSR count). The predicted octanol–water partition coefficient (Wildman–Crippen LogP) is 4.77. The second kappa shape index (κ2) is 5.76. The van der Waals surface area contributed by atoms with Crippen LogP contribution in [-0.4, -0.2) is 0 Å². The lowest BCUT2D eigenvalue weighted by molar-refractivity contribution is 0.626. The molecule has 0 radical (unpaired) electrons. The molecule has 1 nitrogen and oxygen atoms in total. The van der Waals surface area contributed by atoms with Gasteiger partial charge in [0.2, 0.25) is 0 Å². The van der Waals surface area contributed by atoms with Crippen molar-refractivity contribution >= 4 is 33.4 Å². The third-order valence-electron chi connectivity index (χ3n) is 2.59. The molecule has 2 aromatic carbocycles. The van der Waals surface area contributed by atoms with Crippen molar-refractivity contribution in [3.8, 4) is 0 Å². The zero-order chi connectivity index (χ0) is 13.1. The van der Waals surface area contributed by atoms with Gasteiger partial charge in [-0.2, -0.15) is 0 Å². The number of thioether (sulfide) groups is 1. The molecule has 0 aliphatic rings. The van der Waals surface area contributed by atoms with E-state index in [1.165, 1.54) is 11.0 Å². The highest BCUT2D eigenvalue weighted by Crippen LogP contribution is 2.30. The monoisotopic (exact) mass is 325 g/mol. The highest BCUT2D eigenvalue weighted by molar-refractivity contribution is 9.10. The molecule has 2 N–H and O–H groups in total. The Morgan fingerprint density at radius 1 is 1.22 bits per heavy atom. The van der Waals surface area contributed by atoms with Crippen LogP contribution < -0.4 is 5.73 Å². The topological polar surface area (TPSA) is 26.0 Å². The van der Waals surface area contributed by atoms with Gasteiger partial charge in [-0.05, 0) is 54.4 Å². The van der Waals surface area contributed by atoms with Gasteiger partial charge in [-0.1, -0.05) is 15.9 Å². The zero-order valence-electron chi connectivity index (χ0n) is 9.91. The SMILES string of the molecule is Cc1cc(N)ccc1SCc1cc(F)ccc1Br. The first-order valence-corrected chi connectivity index (χ1v) is 7.27. The Kier molecular flexibility index (Phi) is 4.30. The molecule has 94 valence electrons. The van der Waals surface area contributed by atoms with E-state index >= 15 is 0 Å². The number of nitrogens with two attached hydrogens (primary N) is 1. The highest BCUT2D eigenvalue weighted by Gasteiger charge is 2.05. The molecule has 0 bridgehead atoms. The Balaban J connectivity index is 2.13. The van der Waals surface area contributed by atoms with Crippen LogP contribution in [-0.2, 0) is 5.75 Å². The van der Waals surface area contributed by atoms with Crippen molar-refractivity contribution < 1.29 is 4.39 Å². The zero-order valence-corrected chi connectivity index (χ0v) is 12.3. The summed E-state index contributed by atoms with van der Waals surface area (Å²) < 4.78 is 14.1. The van der Waals surface area contributed by atoms with Gasteiger partial charge in [0.25, 0.3) is 0 Å². The van der Waals surface area contributed by atoms with Gasteiger partial charge >= 0.3 is 0 Å². The Hall–Kier alpha value is -1.00. The van der Waals surface area contributed by atoms with Gasteiger partial charge in [-0.3, -0.25) is 0 Å². The molecule has 0 fully saturated rings. The van der Waals surface area contributed by atoms with Crippen LogP contribution in [0.5, 0.6) is 0 Å². The van der Waals surface area contributed by atoms with Gasteiger partial charge in [0.1, 0.15) is 5.82 Å². The Labute approximate surface area is 119 Å². The molecule has 0 saturated heterocycles. The molecule has 0 spiro atoms. The maximum absolute atomic E-state index is 13.2. The lowest BCUT2D eigenvalue weighted by Gasteiger charge is -2.08. The molecular weight excluding hydrogens is 313 g/mol. The summed E-state index contributed by atoms with van der Waals surface area (Å²) in [5, 5.41) is 0. The first kappa shape index (κ1) is 13.4. The average molecular weight is 326 g/mol. The smallest absolute Gasteiger partial charge is 0.123 e.